The summed E-state index contributed by atoms with van der Waals surface area (Å²) in [5.41, 5.74) is -2.48. The van der Waals surface area contributed by atoms with Gasteiger partial charge in [-0.1, -0.05) is 26.0 Å². The minimum Gasteiger partial charge on any atom is -0.481 e. The lowest BCUT2D eigenvalue weighted by Crippen LogP contribution is -2.69. The topological polar surface area (TPSA) is 154 Å². The van der Waals surface area contributed by atoms with E-state index in [1.807, 2.05) is 13.0 Å². The Morgan fingerprint density at radius 2 is 1.71 bits per heavy atom. The third-order valence-electron chi connectivity index (χ3n) is 7.49. The van der Waals surface area contributed by atoms with Crippen molar-refractivity contribution in [2.75, 3.05) is 5.32 Å². The van der Waals surface area contributed by atoms with Crippen LogP contribution in [0, 0.1) is 30.1 Å². The first kappa shape index (κ1) is 26.3. The first-order valence-electron chi connectivity index (χ1n) is 11.9. The Kier molecular flexibility index (Phi) is 6.80. The second-order valence-electron chi connectivity index (χ2n) is 10.5. The van der Waals surface area contributed by atoms with Crippen molar-refractivity contribution in [2.45, 2.75) is 71.6 Å². The lowest BCUT2D eigenvalue weighted by Gasteiger charge is -2.48. The van der Waals surface area contributed by atoms with Crippen LogP contribution in [0.25, 0.3) is 0 Å². The lowest BCUT2D eigenvalue weighted by molar-refractivity contribution is -0.155. The van der Waals surface area contributed by atoms with E-state index < -0.39 is 64.4 Å². The molecule has 5 N–H and O–H groups in total. The second-order valence-corrected chi connectivity index (χ2v) is 10.5. The molecule has 0 aromatic heterocycles. The second kappa shape index (κ2) is 9.05. The Bertz CT molecular complexity index is 1030. The van der Waals surface area contributed by atoms with Gasteiger partial charge in [0.25, 0.3) is 0 Å². The molecule has 0 spiro atoms. The number of nitrogens with one attached hydrogen (secondary N) is 3. The Labute approximate surface area is 204 Å². The Morgan fingerprint density at radius 3 is 2.20 bits per heavy atom. The molecule has 1 aromatic rings. The average Bonchev–Trinajstić information content (AvgIpc) is 3.42. The van der Waals surface area contributed by atoms with Crippen LogP contribution in [0.4, 0.5) is 15.3 Å². The van der Waals surface area contributed by atoms with Crippen LogP contribution in [0.5, 0.6) is 0 Å². The van der Waals surface area contributed by atoms with Crippen LogP contribution in [-0.4, -0.2) is 51.5 Å². The predicted octanol–water partition coefficient (Wildman–Crippen LogP) is 3.60. The molecule has 3 amide bonds. The molecule has 192 valence electrons. The summed E-state index contributed by atoms with van der Waals surface area (Å²) in [6.07, 6.45) is -0.383. The first-order chi connectivity index (χ1) is 16.2. The molecule has 3 rings (SSSR count). The number of hydrogen-bond donors (Lipinski definition) is 5. The number of anilines is 1. The van der Waals surface area contributed by atoms with Gasteiger partial charge in [0, 0.05) is 23.1 Å². The van der Waals surface area contributed by atoms with Crippen molar-refractivity contribution in [3.05, 3.63) is 29.8 Å². The zero-order valence-corrected chi connectivity index (χ0v) is 21.0. The number of amides is 3. The van der Waals surface area contributed by atoms with Crippen molar-refractivity contribution in [1.29, 1.82) is 0 Å². The lowest BCUT2D eigenvalue weighted by atomic mass is 9.62. The summed E-state index contributed by atoms with van der Waals surface area (Å²) < 4.78 is 5.37. The molecule has 35 heavy (non-hydrogen) atoms. The van der Waals surface area contributed by atoms with Crippen LogP contribution in [0.3, 0.4) is 0 Å². The van der Waals surface area contributed by atoms with E-state index in [9.17, 15) is 29.4 Å². The van der Waals surface area contributed by atoms with Crippen molar-refractivity contribution < 1.29 is 34.1 Å². The molecule has 2 aliphatic carbocycles. The standard InChI is InChI=1S/C25H35N3O7/c1-7-24(8-2)18(27-21(33)26-14-11-9-10-13(3)12-14)15-16(19(29)30)17(15)25(24,20(31)32)28-22(34)35-23(4,5)6/h9-12,15-18H,7-8H2,1-6H3,(H,28,34)(H,29,30)(H,31,32)(H2,26,27,33). The van der Waals surface area contributed by atoms with Crippen molar-refractivity contribution in [3.8, 4) is 0 Å². The van der Waals surface area contributed by atoms with Crippen LogP contribution in [0.1, 0.15) is 53.0 Å². The number of rotatable bonds is 7. The highest BCUT2D eigenvalue weighted by Gasteiger charge is 2.84. The highest BCUT2D eigenvalue weighted by molar-refractivity contribution is 5.93. The van der Waals surface area contributed by atoms with E-state index in [-0.39, 0.29) is 12.8 Å². The molecule has 0 aliphatic heterocycles. The number of aliphatic carboxylic acids is 2. The molecule has 10 nitrogen and oxygen atoms in total. The number of benzene rings is 1. The average molecular weight is 490 g/mol. The zero-order chi connectivity index (χ0) is 26.3. The van der Waals surface area contributed by atoms with Gasteiger partial charge in [-0.25, -0.2) is 14.4 Å². The third-order valence-corrected chi connectivity index (χ3v) is 7.49. The number of hydrogen-bond acceptors (Lipinski definition) is 5. The highest BCUT2D eigenvalue weighted by atomic mass is 16.6. The Morgan fingerprint density at radius 1 is 1.09 bits per heavy atom. The SMILES string of the molecule is CCC1(CC)C(NC(=O)Nc2cccc(C)c2)C2C(C(=O)O)C2C1(NC(=O)OC(C)(C)C)C(=O)O. The molecule has 0 bridgehead atoms. The molecule has 0 saturated heterocycles. The molecule has 5 atom stereocenters. The summed E-state index contributed by atoms with van der Waals surface area (Å²) in [6, 6.07) is 5.81. The zero-order valence-electron chi connectivity index (χ0n) is 21.0. The fraction of sp³-hybridized carbons (Fsp3) is 0.600. The molecule has 2 aliphatic rings. The van der Waals surface area contributed by atoms with Gasteiger partial charge in [0.2, 0.25) is 0 Å². The third kappa shape index (κ3) is 4.41. The van der Waals surface area contributed by atoms with E-state index in [1.54, 1.807) is 52.8 Å². The largest absolute Gasteiger partial charge is 0.481 e. The van der Waals surface area contributed by atoms with Crippen molar-refractivity contribution >= 4 is 29.8 Å². The van der Waals surface area contributed by atoms with Gasteiger partial charge in [0.15, 0.2) is 5.54 Å². The summed E-state index contributed by atoms with van der Waals surface area (Å²) >= 11 is 0. The van der Waals surface area contributed by atoms with Gasteiger partial charge in [0.05, 0.1) is 5.92 Å². The number of aryl methyl sites for hydroxylation is 1. The van der Waals surface area contributed by atoms with Gasteiger partial charge in [0.1, 0.15) is 5.60 Å². The fourth-order valence-electron chi connectivity index (χ4n) is 6.17. The monoisotopic (exact) mass is 489 g/mol. The number of ether oxygens (including phenoxy) is 1. The van der Waals surface area contributed by atoms with E-state index in [4.69, 9.17) is 4.74 Å². The van der Waals surface area contributed by atoms with Gasteiger partial charge in [-0.3, -0.25) is 4.79 Å². The number of alkyl carbamates (subject to hydrolysis) is 1. The predicted molar refractivity (Wildman–Crippen MR) is 128 cm³/mol. The van der Waals surface area contributed by atoms with E-state index in [1.165, 1.54) is 0 Å². The molecular weight excluding hydrogens is 454 g/mol. The molecule has 0 radical (unpaired) electrons. The van der Waals surface area contributed by atoms with Gasteiger partial charge in [-0.2, -0.15) is 0 Å². The number of carboxylic acid groups (broad SMARTS) is 2. The van der Waals surface area contributed by atoms with Gasteiger partial charge >= 0.3 is 24.1 Å². The molecule has 2 saturated carbocycles. The maximum absolute atomic E-state index is 13.0. The Balaban J connectivity index is 2.02. The van der Waals surface area contributed by atoms with Crippen molar-refractivity contribution in [2.24, 2.45) is 23.2 Å². The fourth-order valence-corrected chi connectivity index (χ4v) is 6.17. The molecule has 2 fully saturated rings. The van der Waals surface area contributed by atoms with Crippen LogP contribution in [-0.2, 0) is 14.3 Å². The van der Waals surface area contributed by atoms with Gasteiger partial charge < -0.3 is 30.9 Å². The smallest absolute Gasteiger partial charge is 0.408 e. The highest BCUT2D eigenvalue weighted by Crippen LogP contribution is 2.71. The Hall–Kier alpha value is -3.30. The van der Waals surface area contributed by atoms with E-state index >= 15 is 0 Å². The minimum atomic E-state index is -1.94. The van der Waals surface area contributed by atoms with Crippen LogP contribution in [0.2, 0.25) is 0 Å². The summed E-state index contributed by atoms with van der Waals surface area (Å²) in [7, 11) is 0. The molecule has 1 aromatic carbocycles. The molecular formula is C25H35N3O7. The first-order valence-corrected chi connectivity index (χ1v) is 11.9. The summed E-state index contributed by atoms with van der Waals surface area (Å²) in [5.74, 6) is -5.11. The van der Waals surface area contributed by atoms with Crippen molar-refractivity contribution in [1.82, 2.24) is 10.6 Å². The number of urea groups is 1. The minimum absolute atomic E-state index is 0.278. The number of carboxylic acids is 2. The molecule has 5 unspecified atom stereocenters. The van der Waals surface area contributed by atoms with Crippen LogP contribution in [0.15, 0.2) is 24.3 Å². The number of fused-ring (bicyclic) bond motifs is 1. The van der Waals surface area contributed by atoms with E-state index in [2.05, 4.69) is 16.0 Å². The maximum Gasteiger partial charge on any atom is 0.408 e. The summed E-state index contributed by atoms with van der Waals surface area (Å²) in [4.78, 5) is 50.9. The summed E-state index contributed by atoms with van der Waals surface area (Å²) in [6.45, 7) is 10.4. The van der Waals surface area contributed by atoms with Gasteiger partial charge in [-0.05, 0) is 64.2 Å². The number of carbonyl (C=O) groups excluding carboxylic acids is 2. The maximum atomic E-state index is 13.0. The molecule has 0 heterocycles. The summed E-state index contributed by atoms with van der Waals surface area (Å²) in [5, 5.41) is 28.6. The van der Waals surface area contributed by atoms with Gasteiger partial charge in [-0.15, -0.1) is 0 Å². The normalized spacial score (nSPS) is 28.4. The van der Waals surface area contributed by atoms with E-state index in [0.29, 0.717) is 5.69 Å². The van der Waals surface area contributed by atoms with E-state index in [0.717, 1.165) is 5.56 Å². The van der Waals surface area contributed by atoms with Crippen molar-refractivity contribution in [3.63, 3.8) is 0 Å². The quantitative estimate of drug-likeness (QED) is 0.392. The molecule has 10 heteroatoms. The van der Waals surface area contributed by atoms with Crippen LogP contribution >= 0.6 is 0 Å². The van der Waals surface area contributed by atoms with Crippen LogP contribution < -0.4 is 16.0 Å². The number of carbonyl (C=O) groups is 4.